The maximum absolute atomic E-state index is 13.0. The van der Waals surface area contributed by atoms with Crippen LogP contribution in [0.15, 0.2) is 30.5 Å². The summed E-state index contributed by atoms with van der Waals surface area (Å²) in [6.07, 6.45) is 1.59. The van der Waals surface area contributed by atoms with E-state index < -0.39 is 11.8 Å². The van der Waals surface area contributed by atoms with E-state index in [0.29, 0.717) is 12.3 Å². The molecule has 0 atom stereocenters. The fourth-order valence-corrected chi connectivity index (χ4v) is 2.52. The van der Waals surface area contributed by atoms with Crippen LogP contribution in [-0.2, 0) is 22.6 Å². The second-order valence-electron chi connectivity index (χ2n) is 6.08. The smallest absolute Gasteiger partial charge is 0.360 e. The fraction of sp³-hybridized carbons (Fsp3) is 0.333. The third-order valence-corrected chi connectivity index (χ3v) is 3.84. The van der Waals surface area contributed by atoms with Gasteiger partial charge in [-0.05, 0) is 29.8 Å². The number of hydrogen-bond donors (Lipinski definition) is 1. The second-order valence-corrected chi connectivity index (χ2v) is 6.08. The van der Waals surface area contributed by atoms with E-state index in [1.54, 1.807) is 32.2 Å². The molecule has 0 radical (unpaired) electrons. The van der Waals surface area contributed by atoms with Crippen molar-refractivity contribution in [1.29, 1.82) is 0 Å². The zero-order chi connectivity index (χ0) is 18.0. The first-order valence-corrected chi connectivity index (χ1v) is 7.81. The molecule has 0 unspecified atom stereocenters. The number of anilines is 1. The fourth-order valence-electron chi connectivity index (χ4n) is 2.52. The minimum atomic E-state index is -0.861. The van der Waals surface area contributed by atoms with Gasteiger partial charge in [0.1, 0.15) is 5.82 Å². The Hall–Kier alpha value is -2.67. The Bertz CT molecular complexity index is 790. The number of nitrogens with one attached hydrogen (secondary N) is 1. The zero-order valence-corrected chi connectivity index (χ0v) is 14.3. The van der Waals surface area contributed by atoms with Crippen LogP contribution in [-0.4, -0.2) is 23.9 Å². The summed E-state index contributed by atoms with van der Waals surface area (Å²) in [4.78, 5) is 16.2. The topological polar surface area (TPSA) is 69.7 Å². The molecule has 0 amide bonds. The van der Waals surface area contributed by atoms with Crippen molar-refractivity contribution in [3.8, 4) is 5.75 Å². The molecule has 7 heteroatoms. The summed E-state index contributed by atoms with van der Waals surface area (Å²) in [5, 5.41) is 3.19. The van der Waals surface area contributed by atoms with Crippen LogP contribution in [0.1, 0.15) is 35.5 Å². The zero-order valence-electron chi connectivity index (χ0n) is 14.3. The Morgan fingerprint density at radius 2 is 2.08 bits per heavy atom. The Morgan fingerprint density at radius 1 is 1.36 bits per heavy atom. The first-order valence-electron chi connectivity index (χ1n) is 7.81. The van der Waals surface area contributed by atoms with E-state index in [-0.39, 0.29) is 18.1 Å². The first kappa shape index (κ1) is 17.2. The number of nitrogens with zero attached hydrogens (tertiary/aromatic N) is 1. The molecular weight excluding hydrogens is 327 g/mol. The van der Waals surface area contributed by atoms with Gasteiger partial charge in [0.15, 0.2) is 11.4 Å². The predicted molar refractivity (Wildman–Crippen MR) is 88.8 cm³/mol. The molecule has 132 valence electrons. The lowest BCUT2D eigenvalue weighted by atomic mass is 10.1. The summed E-state index contributed by atoms with van der Waals surface area (Å²) in [7, 11) is 1.30. The number of rotatable bonds is 4. The van der Waals surface area contributed by atoms with Crippen LogP contribution in [0.3, 0.4) is 0 Å². The van der Waals surface area contributed by atoms with E-state index in [0.717, 1.165) is 16.8 Å². The maximum atomic E-state index is 13.0. The van der Waals surface area contributed by atoms with Crippen molar-refractivity contribution in [2.24, 2.45) is 0 Å². The lowest BCUT2D eigenvalue weighted by molar-refractivity contribution is -0.180. The number of halogens is 1. The molecule has 6 nitrogen and oxygen atoms in total. The average molecular weight is 346 g/mol. The normalized spacial score (nSPS) is 15.0. The highest BCUT2D eigenvalue weighted by Crippen LogP contribution is 2.36. The molecule has 0 aliphatic carbocycles. The molecule has 25 heavy (non-hydrogen) atoms. The minimum Gasteiger partial charge on any atom is -0.464 e. The number of carbonyl (C=O) groups is 1. The molecule has 0 fully saturated rings. The molecule has 1 aliphatic heterocycles. The summed E-state index contributed by atoms with van der Waals surface area (Å²) < 4.78 is 29.3. The Labute approximate surface area is 144 Å². The Kier molecular flexibility index (Phi) is 4.59. The van der Waals surface area contributed by atoms with Gasteiger partial charge in [-0.2, -0.15) is 0 Å². The van der Waals surface area contributed by atoms with Gasteiger partial charge in [-0.15, -0.1) is 0 Å². The molecule has 1 N–H and O–H groups in total. The standard InChI is InChI=1S/C18H19FN2O4/c1-18(2)24-10-14-11(8-20-13-6-4-12(19)5-7-13)9-21-15(16(14)25-18)17(22)23-3/h4-7,9,20H,8,10H2,1-3H3. The third-order valence-electron chi connectivity index (χ3n) is 3.84. The summed E-state index contributed by atoms with van der Waals surface area (Å²) in [6, 6.07) is 6.05. The lowest BCUT2D eigenvalue weighted by Crippen LogP contribution is -2.37. The number of hydrogen-bond acceptors (Lipinski definition) is 6. The van der Waals surface area contributed by atoms with E-state index in [4.69, 9.17) is 14.2 Å². The summed E-state index contributed by atoms with van der Waals surface area (Å²) in [5.41, 5.74) is 2.45. The molecule has 0 bridgehead atoms. The summed E-state index contributed by atoms with van der Waals surface area (Å²) in [6.45, 7) is 4.24. The molecule has 0 spiro atoms. The molecule has 3 rings (SSSR count). The molecule has 2 heterocycles. The van der Waals surface area contributed by atoms with E-state index in [2.05, 4.69) is 10.3 Å². The highest BCUT2D eigenvalue weighted by molar-refractivity contribution is 5.91. The van der Waals surface area contributed by atoms with Gasteiger partial charge in [0, 0.05) is 37.8 Å². The van der Waals surface area contributed by atoms with Crippen LogP contribution in [0.2, 0.25) is 0 Å². The largest absolute Gasteiger partial charge is 0.464 e. The van der Waals surface area contributed by atoms with E-state index in [1.165, 1.54) is 19.2 Å². The molecule has 1 aromatic heterocycles. The molecule has 1 aliphatic rings. The van der Waals surface area contributed by atoms with Gasteiger partial charge in [-0.25, -0.2) is 14.2 Å². The van der Waals surface area contributed by atoms with Crippen LogP contribution >= 0.6 is 0 Å². The number of pyridine rings is 1. The highest BCUT2D eigenvalue weighted by Gasteiger charge is 2.33. The highest BCUT2D eigenvalue weighted by atomic mass is 19.1. The van der Waals surface area contributed by atoms with Crippen LogP contribution in [0, 0.1) is 5.82 Å². The predicted octanol–water partition coefficient (Wildman–Crippen LogP) is 3.26. The van der Waals surface area contributed by atoms with Crippen molar-refractivity contribution in [3.63, 3.8) is 0 Å². The number of benzene rings is 1. The second kappa shape index (κ2) is 6.68. The van der Waals surface area contributed by atoms with Crippen molar-refractivity contribution in [3.05, 3.63) is 53.1 Å². The van der Waals surface area contributed by atoms with Gasteiger partial charge in [0.05, 0.1) is 13.7 Å². The number of esters is 1. The number of methoxy groups -OCH3 is 1. The molecule has 1 aromatic carbocycles. The molecule has 0 saturated carbocycles. The number of fused-ring (bicyclic) bond motifs is 1. The van der Waals surface area contributed by atoms with Gasteiger partial charge in [0.25, 0.3) is 0 Å². The molecule has 0 saturated heterocycles. The Morgan fingerprint density at radius 3 is 2.76 bits per heavy atom. The molecule has 2 aromatic rings. The monoisotopic (exact) mass is 346 g/mol. The third kappa shape index (κ3) is 3.71. The Balaban J connectivity index is 1.90. The van der Waals surface area contributed by atoms with Gasteiger partial charge < -0.3 is 19.5 Å². The molecular formula is C18H19FN2O4. The number of carbonyl (C=O) groups excluding carboxylic acids is 1. The van der Waals surface area contributed by atoms with Crippen molar-refractivity contribution in [2.45, 2.75) is 32.8 Å². The van der Waals surface area contributed by atoms with Crippen molar-refractivity contribution >= 4 is 11.7 Å². The first-order chi connectivity index (χ1) is 11.9. The summed E-state index contributed by atoms with van der Waals surface area (Å²) in [5.74, 6) is -1.34. The van der Waals surface area contributed by atoms with Crippen LogP contribution in [0.25, 0.3) is 0 Å². The van der Waals surface area contributed by atoms with Crippen molar-refractivity contribution in [2.75, 3.05) is 12.4 Å². The minimum absolute atomic E-state index is 0.124. The van der Waals surface area contributed by atoms with Crippen LogP contribution in [0.4, 0.5) is 10.1 Å². The van der Waals surface area contributed by atoms with Gasteiger partial charge in [0.2, 0.25) is 5.79 Å². The van der Waals surface area contributed by atoms with E-state index >= 15 is 0 Å². The maximum Gasteiger partial charge on any atom is 0.360 e. The lowest BCUT2D eigenvalue weighted by Gasteiger charge is -2.34. The number of aromatic nitrogens is 1. The van der Waals surface area contributed by atoms with Crippen LogP contribution < -0.4 is 10.1 Å². The van der Waals surface area contributed by atoms with E-state index in [1.807, 2.05) is 0 Å². The van der Waals surface area contributed by atoms with Gasteiger partial charge in [-0.3, -0.25) is 0 Å². The van der Waals surface area contributed by atoms with Gasteiger partial charge >= 0.3 is 5.97 Å². The number of ether oxygens (including phenoxy) is 3. The van der Waals surface area contributed by atoms with Crippen molar-refractivity contribution < 1.29 is 23.4 Å². The average Bonchev–Trinajstić information content (AvgIpc) is 2.59. The quantitative estimate of drug-likeness (QED) is 0.857. The van der Waals surface area contributed by atoms with Crippen molar-refractivity contribution in [1.82, 2.24) is 4.98 Å². The van der Waals surface area contributed by atoms with Crippen LogP contribution in [0.5, 0.6) is 5.75 Å². The van der Waals surface area contributed by atoms with Gasteiger partial charge in [-0.1, -0.05) is 0 Å². The van der Waals surface area contributed by atoms with E-state index in [9.17, 15) is 9.18 Å². The summed E-state index contributed by atoms with van der Waals surface area (Å²) >= 11 is 0. The SMILES string of the molecule is COC(=O)c1ncc(CNc2ccc(F)cc2)c2c1OC(C)(C)OC2.